The van der Waals surface area contributed by atoms with Crippen molar-refractivity contribution in [3.8, 4) is 11.1 Å². The van der Waals surface area contributed by atoms with Crippen LogP contribution in [0.15, 0.2) is 67.0 Å². The van der Waals surface area contributed by atoms with Crippen LogP contribution < -0.4 is 10.2 Å². The van der Waals surface area contributed by atoms with Gasteiger partial charge in [0.1, 0.15) is 17.1 Å². The number of pyridine rings is 1. The number of H-pyrrole nitrogens is 1. The number of hydrogen-bond acceptors (Lipinski definition) is 5. The van der Waals surface area contributed by atoms with Gasteiger partial charge in [-0.25, -0.2) is 14.2 Å². The molecule has 4 aromatic rings. The molecule has 2 amide bonds. The summed E-state index contributed by atoms with van der Waals surface area (Å²) in [6.07, 6.45) is 3.46. The van der Waals surface area contributed by atoms with Gasteiger partial charge >= 0.3 is 6.09 Å². The number of fused-ring (bicyclic) bond motifs is 1. The molecule has 2 aromatic heterocycles. The zero-order chi connectivity index (χ0) is 31.6. The zero-order valence-electron chi connectivity index (χ0n) is 25.8. The zero-order valence-corrected chi connectivity index (χ0v) is 26.5. The Hall–Kier alpha value is -4.11. The topological polar surface area (TPSA) is 90.6 Å². The lowest BCUT2D eigenvalue weighted by Gasteiger charge is -2.40. The van der Waals surface area contributed by atoms with Crippen molar-refractivity contribution in [2.75, 3.05) is 31.1 Å². The van der Waals surface area contributed by atoms with E-state index in [2.05, 4.69) is 20.2 Å². The lowest BCUT2D eigenvalue weighted by Crippen LogP contribution is -2.52. The fourth-order valence-corrected chi connectivity index (χ4v) is 5.88. The van der Waals surface area contributed by atoms with Crippen LogP contribution in [0, 0.1) is 5.82 Å². The van der Waals surface area contributed by atoms with Crippen LogP contribution in [0.4, 0.5) is 14.9 Å². The number of hydrogen-bond donors (Lipinski definition) is 2. The standard InChI is InChI=1S/C34H39ClFN5O3/c1-33(2,3)44-32(43)39-34(4,5)20-27(22-9-11-24(35)12-10-22)31(42)41-17-15-40(16-18-41)29-26-13-14-37-30(26)38-21-28(29)23-7-6-8-25(36)19-23/h6-14,19,21,27H,15-18,20H2,1-5H3,(H,37,38)(H,39,43). The lowest BCUT2D eigenvalue weighted by atomic mass is 9.84. The Morgan fingerprint density at radius 2 is 1.75 bits per heavy atom. The fraction of sp³-hybridized carbons (Fsp3) is 0.382. The molecule has 1 fully saturated rings. The van der Waals surface area contributed by atoms with Crippen molar-refractivity contribution in [3.05, 3.63) is 83.4 Å². The van der Waals surface area contributed by atoms with E-state index in [0.29, 0.717) is 37.6 Å². The van der Waals surface area contributed by atoms with Crippen LogP contribution in [-0.2, 0) is 9.53 Å². The Kier molecular flexibility index (Phi) is 8.88. The Morgan fingerprint density at radius 1 is 1.05 bits per heavy atom. The van der Waals surface area contributed by atoms with E-state index in [4.69, 9.17) is 16.3 Å². The summed E-state index contributed by atoms with van der Waals surface area (Å²) in [4.78, 5) is 38.7. The maximum absolute atomic E-state index is 14.2. The first kappa shape index (κ1) is 31.3. The van der Waals surface area contributed by atoms with E-state index in [9.17, 15) is 14.0 Å². The van der Waals surface area contributed by atoms with Gasteiger partial charge in [-0.15, -0.1) is 0 Å². The van der Waals surface area contributed by atoms with Gasteiger partial charge in [-0.3, -0.25) is 4.79 Å². The molecule has 232 valence electrons. The van der Waals surface area contributed by atoms with Crippen LogP contribution in [0.1, 0.15) is 52.5 Å². The van der Waals surface area contributed by atoms with E-state index in [1.807, 2.05) is 70.0 Å². The molecule has 0 aliphatic carbocycles. The molecule has 0 spiro atoms. The molecule has 44 heavy (non-hydrogen) atoms. The summed E-state index contributed by atoms with van der Waals surface area (Å²) in [5, 5.41) is 4.48. The Balaban J connectivity index is 1.37. The average molecular weight is 620 g/mol. The van der Waals surface area contributed by atoms with Crippen LogP contribution in [0.5, 0.6) is 0 Å². The van der Waals surface area contributed by atoms with Crippen LogP contribution in [-0.4, -0.2) is 64.2 Å². The quantitative estimate of drug-likeness (QED) is 0.229. The summed E-state index contributed by atoms with van der Waals surface area (Å²) in [5.74, 6) is -0.836. The number of halogens is 2. The number of alkyl carbamates (subject to hydrolysis) is 1. The van der Waals surface area contributed by atoms with Crippen molar-refractivity contribution >= 4 is 40.3 Å². The molecule has 1 aliphatic rings. The number of amides is 2. The molecule has 1 saturated heterocycles. The summed E-state index contributed by atoms with van der Waals surface area (Å²) < 4.78 is 19.7. The first-order chi connectivity index (χ1) is 20.8. The number of nitrogens with zero attached hydrogens (tertiary/aromatic N) is 3. The van der Waals surface area contributed by atoms with Crippen LogP contribution in [0.3, 0.4) is 0 Å². The van der Waals surface area contributed by atoms with E-state index in [-0.39, 0.29) is 11.7 Å². The van der Waals surface area contributed by atoms with Crippen LogP contribution in [0.25, 0.3) is 22.2 Å². The monoisotopic (exact) mass is 619 g/mol. The predicted molar refractivity (Wildman–Crippen MR) is 173 cm³/mol. The van der Waals surface area contributed by atoms with Crippen molar-refractivity contribution in [2.24, 2.45) is 0 Å². The van der Waals surface area contributed by atoms with Gasteiger partial charge in [-0.1, -0.05) is 35.9 Å². The van der Waals surface area contributed by atoms with Crippen molar-refractivity contribution in [1.82, 2.24) is 20.2 Å². The highest BCUT2D eigenvalue weighted by Gasteiger charge is 2.35. The highest BCUT2D eigenvalue weighted by Crippen LogP contribution is 2.37. The largest absolute Gasteiger partial charge is 0.444 e. The third kappa shape index (κ3) is 7.33. The van der Waals surface area contributed by atoms with E-state index < -0.39 is 23.2 Å². The summed E-state index contributed by atoms with van der Waals surface area (Å²) in [6.45, 7) is 11.4. The number of benzene rings is 2. The first-order valence-electron chi connectivity index (χ1n) is 14.8. The van der Waals surface area contributed by atoms with Gasteiger partial charge in [0.05, 0.1) is 11.6 Å². The molecule has 1 atom stereocenters. The van der Waals surface area contributed by atoms with Gasteiger partial charge in [0.15, 0.2) is 0 Å². The number of nitrogens with one attached hydrogen (secondary N) is 2. The predicted octanol–water partition coefficient (Wildman–Crippen LogP) is 7.15. The SMILES string of the molecule is CC(C)(CC(C(=O)N1CCN(c2c(-c3cccc(F)c3)cnc3[nH]ccc23)CC1)c1ccc(Cl)cc1)NC(=O)OC(C)(C)C. The summed E-state index contributed by atoms with van der Waals surface area (Å²) >= 11 is 6.18. The molecule has 10 heteroatoms. The van der Waals surface area contributed by atoms with E-state index in [1.54, 1.807) is 24.4 Å². The van der Waals surface area contributed by atoms with Gasteiger partial charge in [0.2, 0.25) is 5.91 Å². The number of rotatable bonds is 7. The van der Waals surface area contributed by atoms with Crippen molar-refractivity contribution in [1.29, 1.82) is 0 Å². The normalized spacial score (nSPS) is 14.9. The average Bonchev–Trinajstić information content (AvgIpc) is 3.43. The molecule has 8 nitrogen and oxygen atoms in total. The van der Waals surface area contributed by atoms with E-state index in [0.717, 1.165) is 33.4 Å². The van der Waals surface area contributed by atoms with Crippen LogP contribution in [0.2, 0.25) is 5.02 Å². The number of carbonyl (C=O) groups excluding carboxylic acids is 2. The highest BCUT2D eigenvalue weighted by atomic mass is 35.5. The van der Waals surface area contributed by atoms with E-state index in [1.165, 1.54) is 12.1 Å². The van der Waals surface area contributed by atoms with E-state index >= 15 is 0 Å². The second-order valence-corrected chi connectivity index (χ2v) is 13.3. The summed E-state index contributed by atoms with van der Waals surface area (Å²) in [7, 11) is 0. The molecule has 2 aromatic carbocycles. The minimum atomic E-state index is -0.735. The molecular formula is C34H39ClFN5O3. The number of carbonyl (C=O) groups is 2. The number of aromatic amines is 1. The lowest BCUT2D eigenvalue weighted by molar-refractivity contribution is -0.133. The Labute approximate surface area is 262 Å². The highest BCUT2D eigenvalue weighted by molar-refractivity contribution is 6.30. The third-order valence-corrected chi connectivity index (χ3v) is 7.98. The molecule has 0 saturated carbocycles. The summed E-state index contributed by atoms with van der Waals surface area (Å²) in [5.41, 5.74) is 2.76. The van der Waals surface area contributed by atoms with Crippen molar-refractivity contribution < 1.29 is 18.7 Å². The number of aromatic nitrogens is 2. The molecule has 1 aliphatic heterocycles. The number of anilines is 1. The van der Waals surface area contributed by atoms with Gasteiger partial charge in [-0.05, 0) is 82.5 Å². The minimum absolute atomic E-state index is 0.0158. The van der Waals surface area contributed by atoms with Gasteiger partial charge in [-0.2, -0.15) is 0 Å². The van der Waals surface area contributed by atoms with Crippen LogP contribution >= 0.6 is 11.6 Å². The Bertz CT molecular complexity index is 1640. The number of piperazine rings is 1. The molecule has 3 heterocycles. The first-order valence-corrected chi connectivity index (χ1v) is 15.2. The number of ether oxygens (including phenoxy) is 1. The molecule has 0 bridgehead atoms. The molecule has 5 rings (SSSR count). The molecular weight excluding hydrogens is 581 g/mol. The maximum Gasteiger partial charge on any atom is 0.408 e. The maximum atomic E-state index is 14.2. The molecule has 2 N–H and O–H groups in total. The van der Waals surface area contributed by atoms with Gasteiger partial charge < -0.3 is 24.8 Å². The summed E-state index contributed by atoms with van der Waals surface area (Å²) in [6, 6.07) is 15.8. The second-order valence-electron chi connectivity index (χ2n) is 12.9. The molecule has 1 unspecified atom stereocenters. The Morgan fingerprint density at radius 3 is 2.41 bits per heavy atom. The molecule has 0 radical (unpaired) electrons. The fourth-order valence-electron chi connectivity index (χ4n) is 5.76. The third-order valence-electron chi connectivity index (χ3n) is 7.73. The smallest absolute Gasteiger partial charge is 0.408 e. The van der Waals surface area contributed by atoms with Gasteiger partial charge in [0.25, 0.3) is 0 Å². The minimum Gasteiger partial charge on any atom is -0.444 e. The van der Waals surface area contributed by atoms with Crippen molar-refractivity contribution in [3.63, 3.8) is 0 Å². The second kappa shape index (κ2) is 12.5. The van der Waals surface area contributed by atoms with Crippen molar-refractivity contribution in [2.45, 2.75) is 58.1 Å². The van der Waals surface area contributed by atoms with Gasteiger partial charge in [0, 0.05) is 60.1 Å².